The molecule has 162 valence electrons. The van der Waals surface area contributed by atoms with E-state index in [0.717, 1.165) is 79.3 Å². The van der Waals surface area contributed by atoms with E-state index >= 15 is 0 Å². The minimum atomic E-state index is -3.62. The average molecular weight is 433 g/mol. The van der Waals surface area contributed by atoms with Crippen molar-refractivity contribution in [2.24, 2.45) is 20.2 Å². The molecular formula is C20H28N6O3S. The number of aromatic nitrogens is 1. The number of nitrogens with zero attached hydrogens (tertiary/aromatic N) is 3. The third kappa shape index (κ3) is 4.20. The van der Waals surface area contributed by atoms with Crippen LogP contribution < -0.4 is 16.2 Å². The Hall–Kier alpha value is -2.46. The first-order valence-corrected chi connectivity index (χ1v) is 12.0. The van der Waals surface area contributed by atoms with Crippen LogP contribution in [0.3, 0.4) is 0 Å². The summed E-state index contributed by atoms with van der Waals surface area (Å²) in [5.41, 5.74) is 10.4. The molecule has 0 radical (unpaired) electrons. The van der Waals surface area contributed by atoms with Crippen molar-refractivity contribution >= 4 is 27.5 Å². The zero-order chi connectivity index (χ0) is 21.3. The lowest BCUT2D eigenvalue weighted by molar-refractivity contribution is 0.260. The summed E-state index contributed by atoms with van der Waals surface area (Å²) >= 11 is 0. The van der Waals surface area contributed by atoms with Gasteiger partial charge in [-0.3, -0.25) is 9.98 Å². The number of pyridine rings is 1. The molecule has 0 spiro atoms. The number of rotatable bonds is 4. The number of fused-ring (bicyclic) bond motifs is 1. The number of aryl methyl sites for hydroxylation is 1. The van der Waals surface area contributed by atoms with E-state index in [2.05, 4.69) is 14.7 Å². The number of ether oxygens (including phenoxy) is 1. The fraction of sp³-hybridized carbons (Fsp3) is 0.550. The second kappa shape index (κ2) is 8.35. The van der Waals surface area contributed by atoms with Crippen molar-refractivity contribution in [1.29, 1.82) is 0 Å². The van der Waals surface area contributed by atoms with Crippen LogP contribution in [0.2, 0.25) is 0 Å². The molecule has 3 aliphatic rings. The standard InChI is InChI=1S/C20H28N6O3S/c1-12-17(13-7-8-13)24-15-6-4-5-14(15)18(12)25-20(27)26-30(22,28)16(11-21)19-23-9-2-3-10-29-19/h11,13H,2-10,21H2,1H3,(H3,22,24,25,26,27,28)/b16-11+. The number of aliphatic imine (C=N–C) groups is 1. The van der Waals surface area contributed by atoms with Crippen LogP contribution in [0.15, 0.2) is 20.5 Å². The molecule has 1 aromatic rings. The molecule has 1 aliphatic heterocycles. The molecule has 1 atom stereocenters. The number of carbonyl (C=O) groups excluding carboxylic acids is 1. The Morgan fingerprint density at radius 3 is 2.83 bits per heavy atom. The van der Waals surface area contributed by atoms with E-state index in [9.17, 15) is 9.00 Å². The Labute approximate surface area is 176 Å². The van der Waals surface area contributed by atoms with Gasteiger partial charge in [-0.15, -0.1) is 4.36 Å². The van der Waals surface area contributed by atoms with Gasteiger partial charge < -0.3 is 15.8 Å². The number of hydrogen-bond donors (Lipinski definition) is 3. The predicted molar refractivity (Wildman–Crippen MR) is 117 cm³/mol. The predicted octanol–water partition coefficient (Wildman–Crippen LogP) is 2.64. The normalized spacial score (nSPS) is 21.0. The van der Waals surface area contributed by atoms with Gasteiger partial charge in [0.1, 0.15) is 4.91 Å². The van der Waals surface area contributed by atoms with Gasteiger partial charge in [0.25, 0.3) is 0 Å². The van der Waals surface area contributed by atoms with E-state index in [-0.39, 0.29) is 10.8 Å². The Morgan fingerprint density at radius 1 is 1.30 bits per heavy atom. The largest absolute Gasteiger partial charge is 0.477 e. The van der Waals surface area contributed by atoms with Crippen LogP contribution in [0.5, 0.6) is 0 Å². The topological polar surface area (TPSA) is 145 Å². The lowest BCUT2D eigenvalue weighted by atomic mass is 10.0. The summed E-state index contributed by atoms with van der Waals surface area (Å²) < 4.78 is 22.3. The van der Waals surface area contributed by atoms with Gasteiger partial charge in [0.2, 0.25) is 5.90 Å². The van der Waals surface area contributed by atoms with Crippen molar-refractivity contribution in [2.45, 2.75) is 57.8 Å². The maximum atomic E-state index is 13.1. The van der Waals surface area contributed by atoms with E-state index in [1.807, 2.05) is 6.92 Å². The molecular weight excluding hydrogens is 404 g/mol. The van der Waals surface area contributed by atoms with Gasteiger partial charge >= 0.3 is 6.03 Å². The highest BCUT2D eigenvalue weighted by Crippen LogP contribution is 2.44. The lowest BCUT2D eigenvalue weighted by Crippen LogP contribution is -2.26. The molecule has 1 unspecified atom stereocenters. The zero-order valence-electron chi connectivity index (χ0n) is 17.1. The third-order valence-corrected chi connectivity index (χ3v) is 7.02. The van der Waals surface area contributed by atoms with Gasteiger partial charge in [-0.25, -0.2) is 14.1 Å². The monoisotopic (exact) mass is 432 g/mol. The molecule has 0 bridgehead atoms. The van der Waals surface area contributed by atoms with Crippen molar-refractivity contribution in [3.05, 3.63) is 33.6 Å². The Bertz CT molecular complexity index is 1050. The summed E-state index contributed by atoms with van der Waals surface area (Å²) in [5, 5.41) is 8.76. The van der Waals surface area contributed by atoms with E-state index in [4.69, 9.17) is 20.6 Å². The van der Waals surface area contributed by atoms with Gasteiger partial charge in [-0.2, -0.15) is 0 Å². The van der Waals surface area contributed by atoms with E-state index in [1.165, 1.54) is 0 Å². The first-order valence-electron chi connectivity index (χ1n) is 10.4. The molecule has 1 saturated carbocycles. The molecule has 1 aromatic heterocycles. The van der Waals surface area contributed by atoms with Crippen molar-refractivity contribution in [3.8, 4) is 0 Å². The van der Waals surface area contributed by atoms with Crippen molar-refractivity contribution in [1.82, 2.24) is 4.98 Å². The number of nitrogens with one attached hydrogen (secondary N) is 1. The Morgan fingerprint density at radius 2 is 2.10 bits per heavy atom. The van der Waals surface area contributed by atoms with Crippen LogP contribution in [-0.4, -0.2) is 34.3 Å². The van der Waals surface area contributed by atoms with Crippen molar-refractivity contribution in [2.75, 3.05) is 18.5 Å². The Balaban J connectivity index is 1.63. The van der Waals surface area contributed by atoms with Gasteiger partial charge in [0, 0.05) is 30.1 Å². The fourth-order valence-corrected chi connectivity index (χ4v) is 4.94. The van der Waals surface area contributed by atoms with Gasteiger partial charge in [-0.1, -0.05) is 0 Å². The smallest absolute Gasteiger partial charge is 0.354 e. The first-order chi connectivity index (χ1) is 14.4. The number of carbonyl (C=O) groups is 1. The molecule has 2 heterocycles. The molecule has 2 amide bonds. The third-order valence-electron chi connectivity index (χ3n) is 5.64. The number of nitrogens with two attached hydrogens (primary N) is 2. The fourth-order valence-electron chi connectivity index (χ4n) is 3.98. The summed E-state index contributed by atoms with van der Waals surface area (Å²) in [5.74, 6) is 0.551. The second-order valence-corrected chi connectivity index (χ2v) is 9.67. The highest BCUT2D eigenvalue weighted by molar-refractivity contribution is 7.96. The van der Waals surface area contributed by atoms with Crippen LogP contribution in [0, 0.1) is 6.92 Å². The van der Waals surface area contributed by atoms with Gasteiger partial charge in [-0.05, 0) is 63.0 Å². The van der Waals surface area contributed by atoms with Gasteiger partial charge in [0.15, 0.2) is 9.92 Å². The summed E-state index contributed by atoms with van der Waals surface area (Å²) in [6.07, 6.45) is 7.72. The van der Waals surface area contributed by atoms with Crippen molar-refractivity contribution in [3.63, 3.8) is 0 Å². The minimum Gasteiger partial charge on any atom is -0.477 e. The Kier molecular flexibility index (Phi) is 5.79. The number of amides is 2. The molecule has 10 heteroatoms. The van der Waals surface area contributed by atoms with Crippen LogP contribution >= 0.6 is 0 Å². The summed E-state index contributed by atoms with van der Waals surface area (Å²) in [6.45, 7) is 2.90. The van der Waals surface area contributed by atoms with E-state index in [0.29, 0.717) is 19.1 Å². The van der Waals surface area contributed by atoms with Crippen LogP contribution in [0.25, 0.3) is 0 Å². The van der Waals surface area contributed by atoms with Crippen LogP contribution in [-0.2, 0) is 27.5 Å². The molecule has 30 heavy (non-hydrogen) atoms. The summed E-state index contributed by atoms with van der Waals surface area (Å²) in [4.78, 5) is 21.8. The SMILES string of the molecule is Cc1c(C2CC2)nc2c(c1NC(=O)N=S(N)(=O)/C(=C/N)C1=NCCCCO1)CCC2. The number of urea groups is 1. The van der Waals surface area contributed by atoms with E-state index in [1.54, 1.807) is 0 Å². The molecule has 0 aromatic carbocycles. The molecule has 2 aliphatic carbocycles. The minimum absolute atomic E-state index is 0.0603. The molecule has 9 nitrogen and oxygen atoms in total. The average Bonchev–Trinajstić information content (AvgIpc) is 3.47. The first kappa shape index (κ1) is 20.8. The van der Waals surface area contributed by atoms with E-state index < -0.39 is 15.9 Å². The van der Waals surface area contributed by atoms with Crippen LogP contribution in [0.4, 0.5) is 10.5 Å². The lowest BCUT2D eigenvalue weighted by Gasteiger charge is -2.16. The van der Waals surface area contributed by atoms with Crippen LogP contribution in [0.1, 0.15) is 60.5 Å². The molecule has 1 fully saturated rings. The number of anilines is 1. The maximum Gasteiger partial charge on any atom is 0.354 e. The summed E-state index contributed by atoms with van der Waals surface area (Å²) in [7, 11) is -3.62. The van der Waals surface area contributed by atoms with Gasteiger partial charge in [0.05, 0.1) is 12.3 Å². The quantitative estimate of drug-likeness (QED) is 0.669. The zero-order valence-corrected chi connectivity index (χ0v) is 18.0. The number of hydrogen-bond acceptors (Lipinski definition) is 6. The highest BCUT2D eigenvalue weighted by atomic mass is 32.2. The summed E-state index contributed by atoms with van der Waals surface area (Å²) in [6, 6.07) is -0.777. The molecule has 4 rings (SSSR count). The maximum absolute atomic E-state index is 13.1. The highest BCUT2D eigenvalue weighted by Gasteiger charge is 2.31. The molecule has 0 saturated heterocycles. The van der Waals surface area contributed by atoms with Crippen molar-refractivity contribution < 1.29 is 13.7 Å². The molecule has 5 N–H and O–H groups in total. The second-order valence-electron chi connectivity index (χ2n) is 7.91.